The molecular formula is C23H27N3O5. The van der Waals surface area contributed by atoms with Gasteiger partial charge >= 0.3 is 0 Å². The van der Waals surface area contributed by atoms with Gasteiger partial charge in [-0.25, -0.2) is 0 Å². The zero-order valence-electron chi connectivity index (χ0n) is 18.4. The van der Waals surface area contributed by atoms with E-state index in [1.54, 1.807) is 31.3 Å². The number of aryl methyl sites for hydroxylation is 1. The van der Waals surface area contributed by atoms with Crippen LogP contribution in [0.4, 0.5) is 0 Å². The van der Waals surface area contributed by atoms with Crippen LogP contribution in [-0.2, 0) is 11.3 Å². The van der Waals surface area contributed by atoms with Crippen molar-refractivity contribution in [3.8, 4) is 28.6 Å². The minimum Gasteiger partial charge on any atom is -0.493 e. The molecule has 0 radical (unpaired) electrons. The number of amides is 1. The summed E-state index contributed by atoms with van der Waals surface area (Å²) in [5.41, 5.74) is 1.85. The largest absolute Gasteiger partial charge is 0.493 e. The van der Waals surface area contributed by atoms with E-state index in [0.717, 1.165) is 11.1 Å². The molecule has 0 aliphatic heterocycles. The minimum atomic E-state index is -0.165. The number of rotatable bonds is 9. The van der Waals surface area contributed by atoms with Crippen molar-refractivity contribution in [2.75, 3.05) is 20.8 Å². The van der Waals surface area contributed by atoms with Gasteiger partial charge in [0, 0.05) is 11.6 Å². The number of carbonyl (C=O) groups excluding carboxylic acids is 1. The zero-order chi connectivity index (χ0) is 22.4. The first-order valence-corrected chi connectivity index (χ1v) is 9.95. The van der Waals surface area contributed by atoms with Crippen molar-refractivity contribution in [1.82, 2.24) is 15.0 Å². The lowest BCUT2D eigenvalue weighted by Gasteiger charge is -2.25. The number of ether oxygens (including phenoxy) is 3. The average Bonchev–Trinajstić information content (AvgIpc) is 3.25. The van der Waals surface area contributed by atoms with Crippen LogP contribution in [0.2, 0.25) is 0 Å². The molecule has 0 fully saturated rings. The first-order chi connectivity index (χ1) is 14.9. The summed E-state index contributed by atoms with van der Waals surface area (Å²) in [5.74, 6) is 2.40. The van der Waals surface area contributed by atoms with Crippen molar-refractivity contribution in [3.63, 3.8) is 0 Å². The van der Waals surface area contributed by atoms with E-state index in [0.29, 0.717) is 29.0 Å². The van der Waals surface area contributed by atoms with E-state index < -0.39 is 0 Å². The van der Waals surface area contributed by atoms with E-state index >= 15 is 0 Å². The molecule has 0 unspecified atom stereocenters. The Kier molecular flexibility index (Phi) is 7.12. The lowest BCUT2D eigenvalue weighted by atomic mass is 10.2. The first kappa shape index (κ1) is 22.1. The summed E-state index contributed by atoms with van der Waals surface area (Å²) >= 11 is 0. The third-order valence-electron chi connectivity index (χ3n) is 4.74. The fourth-order valence-electron chi connectivity index (χ4n) is 2.98. The molecule has 0 bridgehead atoms. The van der Waals surface area contributed by atoms with E-state index in [1.165, 1.54) is 0 Å². The average molecular weight is 425 g/mol. The lowest BCUT2D eigenvalue weighted by Crippen LogP contribution is -2.39. The molecule has 0 aliphatic rings. The van der Waals surface area contributed by atoms with Crippen LogP contribution in [0.15, 0.2) is 47.0 Å². The van der Waals surface area contributed by atoms with Crippen molar-refractivity contribution >= 4 is 5.91 Å². The fraction of sp³-hybridized carbons (Fsp3) is 0.348. The maximum atomic E-state index is 12.7. The molecule has 8 heteroatoms. The Morgan fingerprint density at radius 3 is 2.42 bits per heavy atom. The Balaban J connectivity index is 1.68. The van der Waals surface area contributed by atoms with Gasteiger partial charge in [0.1, 0.15) is 12.3 Å². The van der Waals surface area contributed by atoms with Gasteiger partial charge in [0.2, 0.25) is 11.7 Å². The zero-order valence-corrected chi connectivity index (χ0v) is 18.4. The van der Waals surface area contributed by atoms with Gasteiger partial charge in [-0.05, 0) is 51.1 Å². The van der Waals surface area contributed by atoms with E-state index in [1.807, 2.05) is 51.1 Å². The van der Waals surface area contributed by atoms with Crippen molar-refractivity contribution in [2.45, 2.75) is 33.4 Å². The van der Waals surface area contributed by atoms with E-state index in [-0.39, 0.29) is 25.1 Å². The molecule has 31 heavy (non-hydrogen) atoms. The maximum absolute atomic E-state index is 12.7. The van der Waals surface area contributed by atoms with Crippen molar-refractivity contribution in [1.29, 1.82) is 0 Å². The Hall–Kier alpha value is -3.55. The highest BCUT2D eigenvalue weighted by Crippen LogP contribution is 2.31. The summed E-state index contributed by atoms with van der Waals surface area (Å²) in [4.78, 5) is 18.8. The number of benzene rings is 2. The van der Waals surface area contributed by atoms with Gasteiger partial charge in [0.25, 0.3) is 5.91 Å². The number of methoxy groups -OCH3 is 2. The summed E-state index contributed by atoms with van der Waals surface area (Å²) in [6.45, 7) is 5.97. The molecule has 1 aromatic heterocycles. The van der Waals surface area contributed by atoms with Gasteiger partial charge < -0.3 is 23.6 Å². The second-order valence-corrected chi connectivity index (χ2v) is 7.30. The van der Waals surface area contributed by atoms with Gasteiger partial charge in [0.05, 0.1) is 14.2 Å². The standard InChI is InChI=1S/C23H27N3O5/c1-15(2)26(22(27)14-30-18-9-6-16(3)7-10-18)13-21-24-23(25-31-21)17-8-11-19(28-4)20(12-17)29-5/h6-12,15H,13-14H2,1-5H3. The lowest BCUT2D eigenvalue weighted by molar-refractivity contribution is -0.136. The van der Waals surface area contributed by atoms with Crippen LogP contribution in [0, 0.1) is 6.92 Å². The van der Waals surface area contributed by atoms with Crippen LogP contribution in [0.5, 0.6) is 17.2 Å². The first-order valence-electron chi connectivity index (χ1n) is 9.95. The van der Waals surface area contributed by atoms with Crippen molar-refractivity contribution < 1.29 is 23.5 Å². The van der Waals surface area contributed by atoms with Crippen LogP contribution < -0.4 is 14.2 Å². The summed E-state index contributed by atoms with van der Waals surface area (Å²) in [5, 5.41) is 4.04. The van der Waals surface area contributed by atoms with Gasteiger partial charge in [0.15, 0.2) is 18.1 Å². The highest BCUT2D eigenvalue weighted by molar-refractivity contribution is 5.78. The van der Waals surface area contributed by atoms with Crippen LogP contribution in [0.1, 0.15) is 25.3 Å². The van der Waals surface area contributed by atoms with Crippen LogP contribution in [0.3, 0.4) is 0 Å². The molecule has 0 N–H and O–H groups in total. The summed E-state index contributed by atoms with van der Waals surface area (Å²) < 4.78 is 21.6. The molecule has 0 atom stereocenters. The van der Waals surface area contributed by atoms with Gasteiger partial charge in [-0.1, -0.05) is 22.9 Å². The van der Waals surface area contributed by atoms with Crippen molar-refractivity contribution in [3.05, 3.63) is 53.9 Å². The molecule has 1 amide bonds. The van der Waals surface area contributed by atoms with Gasteiger partial charge in [-0.15, -0.1) is 0 Å². The SMILES string of the molecule is COc1ccc(-c2noc(CN(C(=O)COc3ccc(C)cc3)C(C)C)n2)cc1OC. The quantitative estimate of drug-likeness (QED) is 0.514. The topological polar surface area (TPSA) is 86.9 Å². The van der Waals surface area contributed by atoms with Crippen molar-refractivity contribution in [2.24, 2.45) is 0 Å². The number of carbonyl (C=O) groups is 1. The number of aromatic nitrogens is 2. The Bertz CT molecular complexity index is 1010. The highest BCUT2D eigenvalue weighted by Gasteiger charge is 2.21. The number of hydrogen-bond acceptors (Lipinski definition) is 7. The predicted molar refractivity (Wildman–Crippen MR) is 115 cm³/mol. The Morgan fingerprint density at radius 2 is 1.77 bits per heavy atom. The third-order valence-corrected chi connectivity index (χ3v) is 4.74. The van der Waals surface area contributed by atoms with E-state index in [4.69, 9.17) is 18.7 Å². The minimum absolute atomic E-state index is 0.0643. The second kappa shape index (κ2) is 9.97. The molecule has 1 heterocycles. The molecule has 0 aliphatic carbocycles. The molecule has 3 rings (SSSR count). The van der Waals surface area contributed by atoms with Crippen LogP contribution in [-0.4, -0.2) is 47.8 Å². The highest BCUT2D eigenvalue weighted by atomic mass is 16.5. The molecule has 3 aromatic rings. The van der Waals surface area contributed by atoms with Crippen LogP contribution >= 0.6 is 0 Å². The Labute approximate surface area is 181 Å². The fourth-order valence-corrected chi connectivity index (χ4v) is 2.98. The van der Waals surface area contributed by atoms with Crippen LogP contribution in [0.25, 0.3) is 11.4 Å². The number of nitrogens with zero attached hydrogens (tertiary/aromatic N) is 3. The summed E-state index contributed by atoms with van der Waals surface area (Å²) in [6, 6.07) is 12.9. The molecule has 0 spiro atoms. The Morgan fingerprint density at radius 1 is 1.06 bits per heavy atom. The molecule has 8 nitrogen and oxygen atoms in total. The third kappa shape index (κ3) is 5.53. The predicted octanol–water partition coefficient (Wildman–Crippen LogP) is 3.88. The van der Waals surface area contributed by atoms with Gasteiger partial charge in [-0.3, -0.25) is 4.79 Å². The molecule has 164 valence electrons. The smallest absolute Gasteiger partial charge is 0.261 e. The summed E-state index contributed by atoms with van der Waals surface area (Å²) in [6.07, 6.45) is 0. The second-order valence-electron chi connectivity index (χ2n) is 7.30. The molecule has 0 saturated carbocycles. The van der Waals surface area contributed by atoms with E-state index in [9.17, 15) is 4.79 Å². The summed E-state index contributed by atoms with van der Waals surface area (Å²) in [7, 11) is 3.14. The van der Waals surface area contributed by atoms with E-state index in [2.05, 4.69) is 10.1 Å². The monoisotopic (exact) mass is 425 g/mol. The molecular weight excluding hydrogens is 398 g/mol. The number of hydrogen-bond donors (Lipinski definition) is 0. The van der Waals surface area contributed by atoms with Gasteiger partial charge in [-0.2, -0.15) is 4.98 Å². The maximum Gasteiger partial charge on any atom is 0.261 e. The molecule has 2 aromatic carbocycles. The molecule has 0 saturated heterocycles. The normalized spacial score (nSPS) is 10.8.